The van der Waals surface area contributed by atoms with Crippen molar-refractivity contribution in [2.75, 3.05) is 52.6 Å². The molecule has 0 aromatic heterocycles. The second-order valence-electron chi connectivity index (χ2n) is 12.0. The van der Waals surface area contributed by atoms with Crippen LogP contribution in [0.1, 0.15) is 33.6 Å². The van der Waals surface area contributed by atoms with Crippen LogP contribution in [0.25, 0.3) is 22.3 Å². The molecule has 2 atom stereocenters. The Hall–Kier alpha value is -4.66. The van der Waals surface area contributed by atoms with Gasteiger partial charge in [-0.3, -0.25) is 9.59 Å². The Morgan fingerprint density at radius 1 is 0.522 bits per heavy atom. The largest absolute Gasteiger partial charge is 0.493 e. The van der Waals surface area contributed by atoms with E-state index in [-0.39, 0.29) is 11.8 Å². The molecule has 8 heteroatoms. The van der Waals surface area contributed by atoms with Gasteiger partial charge in [-0.1, -0.05) is 48.5 Å². The first-order valence-electron chi connectivity index (χ1n) is 16.1. The number of rotatable bonds is 12. The smallest absolute Gasteiger partial charge is 0.253 e. The van der Waals surface area contributed by atoms with Crippen molar-refractivity contribution in [3.63, 3.8) is 0 Å². The summed E-state index contributed by atoms with van der Waals surface area (Å²) in [6.07, 6.45) is 2.57. The van der Waals surface area contributed by atoms with Crippen molar-refractivity contribution >= 4 is 11.8 Å². The summed E-state index contributed by atoms with van der Waals surface area (Å²) >= 11 is 0. The lowest BCUT2D eigenvalue weighted by Crippen LogP contribution is -2.50. The van der Waals surface area contributed by atoms with Gasteiger partial charge < -0.3 is 28.7 Å². The van der Waals surface area contributed by atoms with Crippen molar-refractivity contribution in [3.05, 3.63) is 108 Å². The van der Waals surface area contributed by atoms with Gasteiger partial charge in [0.25, 0.3) is 11.8 Å². The number of ether oxygens (including phenoxy) is 4. The normalized spacial score (nSPS) is 18.6. The van der Waals surface area contributed by atoms with Gasteiger partial charge in [0.2, 0.25) is 0 Å². The van der Waals surface area contributed by atoms with Crippen LogP contribution in [-0.2, 0) is 9.47 Å². The summed E-state index contributed by atoms with van der Waals surface area (Å²) in [4.78, 5) is 30.2. The predicted octanol–water partition coefficient (Wildman–Crippen LogP) is 5.95. The molecule has 0 N–H and O–H groups in total. The zero-order valence-electron chi connectivity index (χ0n) is 25.8. The minimum Gasteiger partial charge on any atom is -0.493 e. The van der Waals surface area contributed by atoms with Crippen molar-refractivity contribution in [1.29, 1.82) is 0 Å². The Morgan fingerprint density at radius 2 is 0.826 bits per heavy atom. The molecule has 4 aromatic carbocycles. The van der Waals surface area contributed by atoms with E-state index in [1.165, 1.54) is 0 Å². The first-order chi connectivity index (χ1) is 22.6. The van der Waals surface area contributed by atoms with E-state index in [2.05, 4.69) is 0 Å². The van der Waals surface area contributed by atoms with Crippen molar-refractivity contribution in [2.45, 2.75) is 25.0 Å². The topological polar surface area (TPSA) is 84.1 Å². The Balaban J connectivity index is 0.879. The van der Waals surface area contributed by atoms with Gasteiger partial charge >= 0.3 is 0 Å². The fraction of sp³-hybridized carbons (Fsp3) is 0.316. The maximum absolute atomic E-state index is 13.2. The van der Waals surface area contributed by atoms with Crippen molar-refractivity contribution in [1.82, 2.24) is 9.80 Å². The van der Waals surface area contributed by atoms with Crippen LogP contribution < -0.4 is 9.47 Å². The fourth-order valence-electron chi connectivity index (χ4n) is 5.66. The molecule has 3 fully saturated rings. The molecule has 8 nitrogen and oxygen atoms in total. The molecule has 0 radical (unpaired) electrons. The highest BCUT2D eigenvalue weighted by Crippen LogP contribution is 2.26. The van der Waals surface area contributed by atoms with Gasteiger partial charge in [-0.05, 0) is 70.8 Å². The summed E-state index contributed by atoms with van der Waals surface area (Å²) in [6.45, 7) is 5.00. The Kier molecular flexibility index (Phi) is 8.98. The molecule has 3 heterocycles. The zero-order chi connectivity index (χ0) is 31.3. The summed E-state index contributed by atoms with van der Waals surface area (Å²) in [5, 5.41) is 0. The predicted molar refractivity (Wildman–Crippen MR) is 175 cm³/mol. The van der Waals surface area contributed by atoms with Crippen LogP contribution in [0.5, 0.6) is 11.5 Å². The van der Waals surface area contributed by atoms with Gasteiger partial charge in [-0.15, -0.1) is 0 Å². The zero-order valence-corrected chi connectivity index (χ0v) is 25.8. The van der Waals surface area contributed by atoms with Crippen molar-refractivity contribution in [3.8, 4) is 33.8 Å². The van der Waals surface area contributed by atoms with E-state index in [1.54, 1.807) is 0 Å². The minimum atomic E-state index is -0.0141. The highest BCUT2D eigenvalue weighted by molar-refractivity contribution is 5.96. The van der Waals surface area contributed by atoms with Crippen LogP contribution in [0.4, 0.5) is 0 Å². The maximum Gasteiger partial charge on any atom is 0.253 e. The fourth-order valence-corrected chi connectivity index (χ4v) is 5.66. The van der Waals surface area contributed by atoms with Gasteiger partial charge in [-0.2, -0.15) is 0 Å². The number of benzene rings is 4. The molecule has 2 unspecified atom stereocenters. The molecule has 0 spiro atoms. The second kappa shape index (κ2) is 13.8. The maximum atomic E-state index is 13.2. The molecule has 2 amide bonds. The molecule has 0 aliphatic carbocycles. The van der Waals surface area contributed by atoms with Crippen molar-refractivity contribution in [2.24, 2.45) is 0 Å². The van der Waals surface area contributed by atoms with Crippen LogP contribution in [0.2, 0.25) is 0 Å². The Bertz CT molecular complexity index is 1500. The number of piperazine rings is 1. The number of hydrogen-bond donors (Lipinski definition) is 0. The summed E-state index contributed by atoms with van der Waals surface area (Å²) in [5.41, 5.74) is 5.50. The standard InChI is InChI=1S/C38H38N2O6/c41-37(31-5-1-27(2-6-31)29-9-13-33(14-10-29)43-23-17-35-25-45-35)39-19-21-40(22-20-39)38(42)32-7-3-28(4-8-32)30-11-15-34(16-12-30)44-24-18-36-26-46-36/h1-16,35-36H,17-26H2. The van der Waals surface area contributed by atoms with Gasteiger partial charge in [-0.25, -0.2) is 0 Å². The molecule has 3 saturated heterocycles. The van der Waals surface area contributed by atoms with Gasteiger partial charge in [0, 0.05) is 50.1 Å². The van der Waals surface area contributed by atoms with Crippen LogP contribution in [0, 0.1) is 0 Å². The number of carbonyl (C=O) groups is 2. The molecule has 0 bridgehead atoms. The van der Waals surface area contributed by atoms with Gasteiger partial charge in [0.1, 0.15) is 11.5 Å². The first-order valence-corrected chi connectivity index (χ1v) is 16.1. The highest BCUT2D eigenvalue weighted by atomic mass is 16.6. The SMILES string of the molecule is O=C(c1ccc(-c2ccc(OCCC3CO3)cc2)cc1)N1CCN(C(=O)c2ccc(-c3ccc(OCCC4CO4)cc3)cc2)CC1. The van der Waals surface area contributed by atoms with E-state index >= 15 is 0 Å². The Labute approximate surface area is 269 Å². The second-order valence-corrected chi connectivity index (χ2v) is 12.0. The lowest BCUT2D eigenvalue weighted by molar-refractivity contribution is 0.0535. The lowest BCUT2D eigenvalue weighted by Gasteiger charge is -2.35. The number of carbonyl (C=O) groups excluding carboxylic acids is 2. The number of amides is 2. The summed E-state index contributed by atoms with van der Waals surface area (Å²) in [7, 11) is 0. The number of epoxide rings is 2. The van der Waals surface area contributed by atoms with Crippen LogP contribution in [0.15, 0.2) is 97.1 Å². The molecular weight excluding hydrogens is 580 g/mol. The Morgan fingerprint density at radius 3 is 1.13 bits per heavy atom. The molecule has 4 aromatic rings. The molecule has 236 valence electrons. The minimum absolute atomic E-state index is 0.0141. The van der Waals surface area contributed by atoms with Gasteiger partial charge in [0.05, 0.1) is 38.6 Å². The number of nitrogens with zero attached hydrogens (tertiary/aromatic N) is 2. The first kappa shape index (κ1) is 30.0. The van der Waals surface area contributed by atoms with Gasteiger partial charge in [0.15, 0.2) is 0 Å². The van der Waals surface area contributed by atoms with Crippen LogP contribution >= 0.6 is 0 Å². The molecule has 0 saturated carbocycles. The quantitative estimate of drug-likeness (QED) is 0.183. The highest BCUT2D eigenvalue weighted by Gasteiger charge is 2.26. The van der Waals surface area contributed by atoms with Crippen LogP contribution in [0.3, 0.4) is 0 Å². The summed E-state index contributed by atoms with van der Waals surface area (Å²) in [5.74, 6) is 1.65. The monoisotopic (exact) mass is 618 g/mol. The van der Waals surface area contributed by atoms with E-state index in [9.17, 15) is 9.59 Å². The average Bonchev–Trinajstić information content (AvgIpc) is 4.06. The molecule has 46 heavy (non-hydrogen) atoms. The molecule has 3 aliphatic heterocycles. The van der Waals surface area contributed by atoms with E-state index in [0.29, 0.717) is 62.7 Å². The third-order valence-corrected chi connectivity index (χ3v) is 8.71. The molecular formula is C38H38N2O6. The van der Waals surface area contributed by atoms with E-state index < -0.39 is 0 Å². The summed E-state index contributed by atoms with van der Waals surface area (Å²) < 4.78 is 22.0. The summed E-state index contributed by atoms with van der Waals surface area (Å²) in [6, 6.07) is 31.4. The lowest BCUT2D eigenvalue weighted by atomic mass is 10.0. The molecule has 7 rings (SSSR count). The number of hydrogen-bond acceptors (Lipinski definition) is 6. The van der Waals surface area contributed by atoms with E-state index in [4.69, 9.17) is 18.9 Å². The van der Waals surface area contributed by atoms with E-state index in [1.807, 2.05) is 107 Å². The van der Waals surface area contributed by atoms with Crippen molar-refractivity contribution < 1.29 is 28.5 Å². The third kappa shape index (κ3) is 7.58. The van der Waals surface area contributed by atoms with E-state index in [0.717, 1.165) is 59.8 Å². The van der Waals surface area contributed by atoms with Crippen LogP contribution in [-0.4, -0.2) is 86.4 Å². The molecule has 3 aliphatic rings. The average molecular weight is 619 g/mol. The third-order valence-electron chi connectivity index (χ3n) is 8.71.